The van der Waals surface area contributed by atoms with E-state index in [0.29, 0.717) is 5.69 Å². The van der Waals surface area contributed by atoms with Gasteiger partial charge in [-0.05, 0) is 11.6 Å². The Balaban J connectivity index is 2.49. The minimum absolute atomic E-state index is 0.0339. The Bertz CT molecular complexity index is 523. The van der Waals surface area contributed by atoms with Crippen molar-refractivity contribution < 1.29 is 5.21 Å². The molecule has 0 aromatic heterocycles. The SMILES string of the molecule is NC(=Nc1ccccc1-c1ccccc1)NO. The molecule has 4 N–H and O–H groups in total. The average molecular weight is 227 g/mol. The van der Waals surface area contributed by atoms with Gasteiger partial charge >= 0.3 is 0 Å². The van der Waals surface area contributed by atoms with Crippen molar-refractivity contribution in [2.75, 3.05) is 0 Å². The Kier molecular flexibility index (Phi) is 3.37. The van der Waals surface area contributed by atoms with Crippen LogP contribution in [0.4, 0.5) is 5.69 Å². The van der Waals surface area contributed by atoms with Crippen LogP contribution in [0.2, 0.25) is 0 Å². The lowest BCUT2D eigenvalue weighted by Crippen LogP contribution is -2.27. The first-order chi connectivity index (χ1) is 8.31. The van der Waals surface area contributed by atoms with Gasteiger partial charge in [-0.1, -0.05) is 48.5 Å². The fraction of sp³-hybridized carbons (Fsp3) is 0. The molecule has 17 heavy (non-hydrogen) atoms. The third-order valence-corrected chi connectivity index (χ3v) is 2.34. The van der Waals surface area contributed by atoms with E-state index in [9.17, 15) is 0 Å². The van der Waals surface area contributed by atoms with Gasteiger partial charge < -0.3 is 5.73 Å². The Morgan fingerprint density at radius 3 is 2.35 bits per heavy atom. The van der Waals surface area contributed by atoms with Gasteiger partial charge in [0.25, 0.3) is 0 Å². The number of benzene rings is 2. The first kappa shape index (κ1) is 11.2. The van der Waals surface area contributed by atoms with Crippen LogP contribution in [0.3, 0.4) is 0 Å². The Morgan fingerprint density at radius 2 is 1.65 bits per heavy atom. The molecule has 0 radical (unpaired) electrons. The maximum Gasteiger partial charge on any atom is 0.218 e. The smallest absolute Gasteiger partial charge is 0.218 e. The number of hydroxylamine groups is 1. The van der Waals surface area contributed by atoms with Gasteiger partial charge in [-0.3, -0.25) is 5.21 Å². The summed E-state index contributed by atoms with van der Waals surface area (Å²) in [5, 5.41) is 8.65. The molecule has 0 amide bonds. The van der Waals surface area contributed by atoms with Crippen LogP contribution in [0.1, 0.15) is 0 Å². The molecule has 2 aromatic carbocycles. The van der Waals surface area contributed by atoms with Crippen molar-refractivity contribution in [3.05, 3.63) is 54.6 Å². The molecule has 0 bridgehead atoms. The molecule has 4 nitrogen and oxygen atoms in total. The number of nitrogens with one attached hydrogen (secondary N) is 1. The van der Waals surface area contributed by atoms with Crippen molar-refractivity contribution in [2.24, 2.45) is 10.7 Å². The summed E-state index contributed by atoms with van der Waals surface area (Å²) in [7, 11) is 0. The van der Waals surface area contributed by atoms with Crippen LogP contribution in [-0.2, 0) is 0 Å². The second-order valence-corrected chi connectivity index (χ2v) is 3.49. The average Bonchev–Trinajstić information content (AvgIpc) is 2.40. The van der Waals surface area contributed by atoms with E-state index in [1.54, 1.807) is 0 Å². The minimum atomic E-state index is -0.0339. The molecule has 0 saturated carbocycles. The summed E-state index contributed by atoms with van der Waals surface area (Å²) in [6.45, 7) is 0. The van der Waals surface area contributed by atoms with Crippen molar-refractivity contribution in [3.8, 4) is 11.1 Å². The van der Waals surface area contributed by atoms with E-state index in [1.807, 2.05) is 60.1 Å². The second kappa shape index (κ2) is 5.14. The summed E-state index contributed by atoms with van der Waals surface area (Å²) in [4.78, 5) is 4.09. The lowest BCUT2D eigenvalue weighted by atomic mass is 10.0. The molecule has 4 heteroatoms. The zero-order valence-corrected chi connectivity index (χ0v) is 9.17. The summed E-state index contributed by atoms with van der Waals surface area (Å²) in [5.41, 5.74) is 9.98. The summed E-state index contributed by atoms with van der Waals surface area (Å²) < 4.78 is 0. The number of hydrogen-bond donors (Lipinski definition) is 3. The number of nitrogens with two attached hydrogens (primary N) is 1. The van der Waals surface area contributed by atoms with Gasteiger partial charge in [0, 0.05) is 5.56 Å². The molecular formula is C13H13N3O. The van der Waals surface area contributed by atoms with Gasteiger partial charge in [0.05, 0.1) is 5.69 Å². The van der Waals surface area contributed by atoms with Gasteiger partial charge in [-0.2, -0.15) is 0 Å². The third kappa shape index (κ3) is 2.62. The summed E-state index contributed by atoms with van der Waals surface area (Å²) >= 11 is 0. The Hall–Kier alpha value is -2.33. The monoisotopic (exact) mass is 227 g/mol. The zero-order chi connectivity index (χ0) is 12.1. The van der Waals surface area contributed by atoms with Gasteiger partial charge in [0.15, 0.2) is 0 Å². The summed E-state index contributed by atoms with van der Waals surface area (Å²) in [5.74, 6) is -0.0339. The van der Waals surface area contributed by atoms with Crippen LogP contribution in [-0.4, -0.2) is 11.2 Å². The van der Waals surface area contributed by atoms with E-state index in [2.05, 4.69) is 4.99 Å². The fourth-order valence-electron chi connectivity index (χ4n) is 1.59. The number of guanidine groups is 1. The molecule has 0 fully saturated rings. The molecule has 0 spiro atoms. The van der Waals surface area contributed by atoms with Gasteiger partial charge in [0.1, 0.15) is 0 Å². The molecule has 0 heterocycles. The van der Waals surface area contributed by atoms with Gasteiger partial charge in [-0.25, -0.2) is 10.5 Å². The molecule has 0 aliphatic heterocycles. The van der Waals surface area contributed by atoms with Crippen molar-refractivity contribution in [1.29, 1.82) is 0 Å². The predicted octanol–water partition coefficient (Wildman–Crippen LogP) is 2.28. The van der Waals surface area contributed by atoms with Crippen LogP contribution < -0.4 is 11.2 Å². The van der Waals surface area contributed by atoms with Crippen LogP contribution in [0, 0.1) is 0 Å². The zero-order valence-electron chi connectivity index (χ0n) is 9.17. The number of rotatable bonds is 2. The van der Waals surface area contributed by atoms with Crippen LogP contribution >= 0.6 is 0 Å². The highest BCUT2D eigenvalue weighted by molar-refractivity contribution is 5.84. The number of aliphatic imine (C=N–C) groups is 1. The van der Waals surface area contributed by atoms with Crippen molar-refractivity contribution in [3.63, 3.8) is 0 Å². The number of para-hydroxylation sites is 1. The summed E-state index contributed by atoms with van der Waals surface area (Å²) in [6, 6.07) is 17.5. The molecule has 2 aromatic rings. The largest absolute Gasteiger partial charge is 0.368 e. The lowest BCUT2D eigenvalue weighted by molar-refractivity contribution is 0.233. The van der Waals surface area contributed by atoms with E-state index in [4.69, 9.17) is 10.9 Å². The van der Waals surface area contributed by atoms with Crippen molar-refractivity contribution in [1.82, 2.24) is 5.48 Å². The highest BCUT2D eigenvalue weighted by atomic mass is 16.5. The molecule has 0 aliphatic carbocycles. The molecule has 2 rings (SSSR count). The lowest BCUT2D eigenvalue weighted by Gasteiger charge is -2.06. The van der Waals surface area contributed by atoms with Gasteiger partial charge in [0.2, 0.25) is 5.96 Å². The first-order valence-electron chi connectivity index (χ1n) is 5.20. The minimum Gasteiger partial charge on any atom is -0.368 e. The Morgan fingerprint density at radius 1 is 1.00 bits per heavy atom. The van der Waals surface area contributed by atoms with E-state index in [-0.39, 0.29) is 5.96 Å². The Labute approximate surface area is 99.4 Å². The second-order valence-electron chi connectivity index (χ2n) is 3.49. The normalized spacial score (nSPS) is 11.2. The van der Waals surface area contributed by atoms with E-state index >= 15 is 0 Å². The molecule has 0 aliphatic rings. The van der Waals surface area contributed by atoms with E-state index < -0.39 is 0 Å². The highest BCUT2D eigenvalue weighted by Gasteiger charge is 2.03. The standard InChI is InChI=1S/C13H13N3O/c14-13(16-17)15-12-9-5-4-8-11(12)10-6-2-1-3-7-10/h1-9,17H,(H3,14,15,16). The van der Waals surface area contributed by atoms with Crippen LogP contribution in [0.25, 0.3) is 11.1 Å². The van der Waals surface area contributed by atoms with E-state index in [1.165, 1.54) is 0 Å². The molecule has 0 unspecified atom stereocenters. The first-order valence-corrected chi connectivity index (χ1v) is 5.20. The summed E-state index contributed by atoms with van der Waals surface area (Å²) in [6.07, 6.45) is 0. The van der Waals surface area contributed by atoms with Crippen molar-refractivity contribution >= 4 is 11.6 Å². The quantitative estimate of drug-likeness (QED) is 0.419. The molecule has 86 valence electrons. The molecule has 0 atom stereocenters. The number of nitrogens with zero attached hydrogens (tertiary/aromatic N) is 1. The van der Waals surface area contributed by atoms with Crippen molar-refractivity contribution in [2.45, 2.75) is 0 Å². The predicted molar refractivity (Wildman–Crippen MR) is 68.1 cm³/mol. The molecule has 0 saturated heterocycles. The van der Waals surface area contributed by atoms with Crippen LogP contribution in [0.15, 0.2) is 59.6 Å². The van der Waals surface area contributed by atoms with Gasteiger partial charge in [-0.15, -0.1) is 0 Å². The topological polar surface area (TPSA) is 70.6 Å². The maximum absolute atomic E-state index is 8.65. The fourth-order valence-corrected chi connectivity index (χ4v) is 1.59. The van der Waals surface area contributed by atoms with E-state index in [0.717, 1.165) is 11.1 Å². The van der Waals surface area contributed by atoms with Crippen LogP contribution in [0.5, 0.6) is 0 Å². The highest BCUT2D eigenvalue weighted by Crippen LogP contribution is 2.29. The molecular weight excluding hydrogens is 214 g/mol. The third-order valence-electron chi connectivity index (χ3n) is 2.34. The number of hydrogen-bond acceptors (Lipinski definition) is 2. The maximum atomic E-state index is 8.65.